The third-order valence-corrected chi connectivity index (χ3v) is 3.40. The maximum Gasteiger partial charge on any atom is 0.123 e. The van der Waals surface area contributed by atoms with E-state index in [1.807, 2.05) is 12.1 Å². The van der Waals surface area contributed by atoms with Gasteiger partial charge in [-0.1, -0.05) is 6.07 Å². The second-order valence-corrected chi connectivity index (χ2v) is 4.92. The van der Waals surface area contributed by atoms with Crippen molar-refractivity contribution in [3.05, 3.63) is 23.8 Å². The summed E-state index contributed by atoms with van der Waals surface area (Å²) in [6.07, 6.45) is 0.251. The molecule has 1 N–H and O–H groups in total. The minimum absolute atomic E-state index is 0.251. The molecule has 100 valence electrons. The second kappa shape index (κ2) is 5.59. The van der Waals surface area contributed by atoms with Crippen LogP contribution in [0.5, 0.6) is 11.5 Å². The van der Waals surface area contributed by atoms with Crippen LogP contribution in [-0.4, -0.2) is 42.4 Å². The smallest absolute Gasteiger partial charge is 0.123 e. The van der Waals surface area contributed by atoms with Gasteiger partial charge < -0.3 is 14.6 Å². The molecule has 0 radical (unpaired) electrons. The Kier molecular flexibility index (Phi) is 4.09. The van der Waals surface area contributed by atoms with Gasteiger partial charge in [0.05, 0.1) is 19.8 Å². The van der Waals surface area contributed by atoms with Crippen LogP contribution in [0, 0.1) is 0 Å². The number of nitrogens with zero attached hydrogens (tertiary/aromatic N) is 1. The molecule has 0 aromatic heterocycles. The Morgan fingerprint density at radius 3 is 2.89 bits per heavy atom. The number of hydrogen-bond donors (Lipinski definition) is 1. The fraction of sp³-hybridized carbons (Fsp3) is 0.571. The van der Waals surface area contributed by atoms with Crippen molar-refractivity contribution in [2.24, 2.45) is 0 Å². The van der Waals surface area contributed by atoms with E-state index in [0.717, 1.165) is 25.3 Å². The van der Waals surface area contributed by atoms with Gasteiger partial charge in [0.1, 0.15) is 11.5 Å². The summed E-state index contributed by atoms with van der Waals surface area (Å²) in [5, 5.41) is 9.97. The molecule has 1 fully saturated rings. The molecule has 0 spiro atoms. The predicted octanol–water partition coefficient (Wildman–Crippen LogP) is 2.01. The van der Waals surface area contributed by atoms with Crippen LogP contribution in [0.3, 0.4) is 0 Å². The zero-order chi connectivity index (χ0) is 13.1. The third kappa shape index (κ3) is 2.94. The van der Waals surface area contributed by atoms with Gasteiger partial charge in [-0.15, -0.1) is 0 Å². The van der Waals surface area contributed by atoms with Crippen LogP contribution in [0.15, 0.2) is 18.2 Å². The fourth-order valence-corrected chi connectivity index (χ4v) is 2.22. The highest BCUT2D eigenvalue weighted by atomic mass is 16.5. The van der Waals surface area contributed by atoms with E-state index in [0.29, 0.717) is 17.5 Å². The lowest BCUT2D eigenvalue weighted by Crippen LogP contribution is -2.46. The highest BCUT2D eigenvalue weighted by Gasteiger charge is 2.24. The zero-order valence-electron chi connectivity index (χ0n) is 11.2. The van der Waals surface area contributed by atoms with Gasteiger partial charge in [0.2, 0.25) is 0 Å². The summed E-state index contributed by atoms with van der Waals surface area (Å²) in [6.45, 7) is 6.61. The fourth-order valence-electron chi connectivity index (χ4n) is 2.22. The maximum absolute atomic E-state index is 9.97. The first kappa shape index (κ1) is 13.2. The molecule has 1 aromatic carbocycles. The van der Waals surface area contributed by atoms with Crippen molar-refractivity contribution >= 4 is 0 Å². The van der Waals surface area contributed by atoms with E-state index in [1.54, 1.807) is 13.2 Å². The number of phenols is 1. The summed E-state index contributed by atoms with van der Waals surface area (Å²) in [4.78, 5) is 2.33. The molecule has 0 amide bonds. The Bertz CT molecular complexity index is 408. The second-order valence-electron chi connectivity index (χ2n) is 4.92. The third-order valence-electron chi connectivity index (χ3n) is 3.40. The Labute approximate surface area is 108 Å². The van der Waals surface area contributed by atoms with E-state index in [9.17, 15) is 5.11 Å². The van der Waals surface area contributed by atoms with Crippen molar-refractivity contribution < 1.29 is 14.6 Å². The van der Waals surface area contributed by atoms with Gasteiger partial charge in [0.15, 0.2) is 0 Å². The van der Waals surface area contributed by atoms with Crippen molar-refractivity contribution in [2.75, 3.05) is 20.3 Å². The highest BCUT2D eigenvalue weighted by molar-refractivity contribution is 5.39. The molecule has 0 bridgehead atoms. The molecule has 2 unspecified atom stereocenters. The molecule has 0 aliphatic carbocycles. The van der Waals surface area contributed by atoms with E-state index < -0.39 is 0 Å². The molecule has 18 heavy (non-hydrogen) atoms. The van der Waals surface area contributed by atoms with Crippen LogP contribution in [0.25, 0.3) is 0 Å². The minimum Gasteiger partial charge on any atom is -0.507 e. The molecule has 2 rings (SSSR count). The van der Waals surface area contributed by atoms with Crippen molar-refractivity contribution in [3.8, 4) is 11.5 Å². The van der Waals surface area contributed by atoms with Crippen molar-refractivity contribution in [2.45, 2.75) is 32.5 Å². The van der Waals surface area contributed by atoms with Crippen LogP contribution in [0.1, 0.15) is 19.4 Å². The molecular formula is C14H21NO3. The average Bonchev–Trinajstić information content (AvgIpc) is 2.36. The zero-order valence-corrected chi connectivity index (χ0v) is 11.2. The monoisotopic (exact) mass is 251 g/mol. The van der Waals surface area contributed by atoms with Gasteiger partial charge >= 0.3 is 0 Å². The molecule has 2 atom stereocenters. The SMILES string of the molecule is COc1ccc(CN2CC(C)OCC2C)c(O)c1. The minimum atomic E-state index is 0.251. The van der Waals surface area contributed by atoms with E-state index in [4.69, 9.17) is 9.47 Å². The summed E-state index contributed by atoms with van der Waals surface area (Å²) < 4.78 is 10.7. The quantitative estimate of drug-likeness (QED) is 0.892. The van der Waals surface area contributed by atoms with E-state index in [2.05, 4.69) is 18.7 Å². The standard InChI is InChI=1S/C14H21NO3/c1-10-9-18-11(2)7-15(10)8-12-4-5-13(17-3)6-14(12)16/h4-6,10-11,16H,7-9H2,1-3H3. The molecule has 1 aromatic rings. The number of aromatic hydroxyl groups is 1. The summed E-state index contributed by atoms with van der Waals surface area (Å²) in [5.74, 6) is 0.973. The van der Waals surface area contributed by atoms with Crippen molar-refractivity contribution in [1.29, 1.82) is 0 Å². The summed E-state index contributed by atoms with van der Waals surface area (Å²) in [7, 11) is 1.60. The topological polar surface area (TPSA) is 41.9 Å². The van der Waals surface area contributed by atoms with Gasteiger partial charge in [-0.3, -0.25) is 4.90 Å². The maximum atomic E-state index is 9.97. The number of methoxy groups -OCH3 is 1. The van der Waals surface area contributed by atoms with Crippen molar-refractivity contribution in [3.63, 3.8) is 0 Å². The van der Waals surface area contributed by atoms with Crippen LogP contribution < -0.4 is 4.74 Å². The van der Waals surface area contributed by atoms with Gasteiger partial charge in [0, 0.05) is 30.8 Å². The summed E-state index contributed by atoms with van der Waals surface area (Å²) >= 11 is 0. The molecular weight excluding hydrogens is 230 g/mol. The van der Waals surface area contributed by atoms with Crippen LogP contribution in [-0.2, 0) is 11.3 Å². The Morgan fingerprint density at radius 1 is 1.44 bits per heavy atom. The number of benzene rings is 1. The Morgan fingerprint density at radius 2 is 2.22 bits per heavy atom. The number of phenolic OH excluding ortho intramolecular Hbond substituents is 1. The molecule has 1 aliphatic rings. The van der Waals surface area contributed by atoms with Gasteiger partial charge in [-0.25, -0.2) is 0 Å². The Balaban J connectivity index is 2.08. The van der Waals surface area contributed by atoms with Gasteiger partial charge in [-0.2, -0.15) is 0 Å². The van der Waals surface area contributed by atoms with E-state index >= 15 is 0 Å². The largest absolute Gasteiger partial charge is 0.507 e. The number of morpholine rings is 1. The average molecular weight is 251 g/mol. The van der Waals surface area contributed by atoms with Gasteiger partial charge in [-0.05, 0) is 19.9 Å². The Hall–Kier alpha value is -1.26. The van der Waals surface area contributed by atoms with Crippen LogP contribution >= 0.6 is 0 Å². The molecule has 4 nitrogen and oxygen atoms in total. The van der Waals surface area contributed by atoms with E-state index in [1.165, 1.54) is 0 Å². The lowest BCUT2D eigenvalue weighted by molar-refractivity contribution is -0.0528. The first-order valence-electron chi connectivity index (χ1n) is 6.31. The number of ether oxygens (including phenoxy) is 2. The first-order valence-corrected chi connectivity index (χ1v) is 6.31. The highest BCUT2D eigenvalue weighted by Crippen LogP contribution is 2.26. The lowest BCUT2D eigenvalue weighted by atomic mass is 10.1. The lowest BCUT2D eigenvalue weighted by Gasteiger charge is -2.36. The van der Waals surface area contributed by atoms with E-state index in [-0.39, 0.29) is 6.10 Å². The van der Waals surface area contributed by atoms with Gasteiger partial charge in [0.25, 0.3) is 0 Å². The summed E-state index contributed by atoms with van der Waals surface area (Å²) in [6, 6.07) is 5.83. The number of rotatable bonds is 3. The first-order chi connectivity index (χ1) is 8.60. The molecule has 0 saturated carbocycles. The predicted molar refractivity (Wildman–Crippen MR) is 69.9 cm³/mol. The molecule has 1 saturated heterocycles. The number of hydrogen-bond acceptors (Lipinski definition) is 4. The van der Waals surface area contributed by atoms with Crippen molar-refractivity contribution in [1.82, 2.24) is 4.90 Å². The summed E-state index contributed by atoms with van der Waals surface area (Å²) in [5.41, 5.74) is 0.928. The molecule has 4 heteroatoms. The normalized spacial score (nSPS) is 25.1. The van der Waals surface area contributed by atoms with Crippen LogP contribution in [0.4, 0.5) is 0 Å². The molecule has 1 heterocycles. The van der Waals surface area contributed by atoms with Crippen LogP contribution in [0.2, 0.25) is 0 Å². The molecule has 1 aliphatic heterocycles.